The first-order chi connectivity index (χ1) is 8.51. The predicted molar refractivity (Wildman–Crippen MR) is 60.6 cm³/mol. The molecular weight excluding hydrogens is 240 g/mol. The molecule has 0 fully saturated rings. The highest BCUT2D eigenvalue weighted by atomic mass is 19.3. The minimum absolute atomic E-state index is 0.0238. The second-order valence-electron chi connectivity index (χ2n) is 3.69. The minimum atomic E-state index is -3.17. The average Bonchev–Trinajstić information content (AvgIpc) is 2.40. The van der Waals surface area contributed by atoms with Gasteiger partial charge >= 0.3 is 5.97 Å². The zero-order valence-electron chi connectivity index (χ0n) is 9.18. The number of pyridine rings is 1. The molecule has 5 heteroatoms. The van der Waals surface area contributed by atoms with Crippen LogP contribution < -0.4 is 0 Å². The van der Waals surface area contributed by atoms with Crippen molar-refractivity contribution in [3.63, 3.8) is 0 Å². The molecule has 92 valence electrons. The van der Waals surface area contributed by atoms with Crippen LogP contribution in [-0.2, 0) is 5.92 Å². The number of carboxylic acid groups (broad SMARTS) is 1. The first-order valence-corrected chi connectivity index (χ1v) is 5.14. The van der Waals surface area contributed by atoms with Gasteiger partial charge in [0.1, 0.15) is 0 Å². The number of halogens is 2. The molecular formula is C13H9F2NO2. The summed E-state index contributed by atoms with van der Waals surface area (Å²) < 4.78 is 28.1. The number of hydrogen-bond donors (Lipinski definition) is 1. The summed E-state index contributed by atoms with van der Waals surface area (Å²) >= 11 is 0. The third-order valence-corrected chi connectivity index (χ3v) is 2.54. The van der Waals surface area contributed by atoms with Crippen LogP contribution in [0.1, 0.15) is 21.5 Å². The monoisotopic (exact) mass is 249 g/mol. The van der Waals surface area contributed by atoms with Crippen molar-refractivity contribution < 1.29 is 18.7 Å². The molecule has 0 unspecified atom stereocenters. The van der Waals surface area contributed by atoms with Crippen molar-refractivity contribution in [1.29, 1.82) is 0 Å². The van der Waals surface area contributed by atoms with Crippen molar-refractivity contribution in [2.45, 2.75) is 5.92 Å². The predicted octanol–water partition coefficient (Wildman–Crippen LogP) is 2.92. The standard InChI is InChI=1S/C13H9F2NO2/c14-13(15,11-5-7-16-8-6-11)10-3-1-9(2-4-10)12(17)18/h1-8H,(H,17,18). The highest BCUT2D eigenvalue weighted by Crippen LogP contribution is 2.35. The van der Waals surface area contributed by atoms with Gasteiger partial charge in [0.2, 0.25) is 0 Å². The summed E-state index contributed by atoms with van der Waals surface area (Å²) in [4.78, 5) is 14.3. The second-order valence-corrected chi connectivity index (χ2v) is 3.69. The van der Waals surface area contributed by atoms with Crippen molar-refractivity contribution in [3.8, 4) is 0 Å². The Kier molecular flexibility index (Phi) is 3.06. The van der Waals surface area contributed by atoms with E-state index < -0.39 is 11.9 Å². The van der Waals surface area contributed by atoms with E-state index in [1.165, 1.54) is 24.5 Å². The van der Waals surface area contributed by atoms with Gasteiger partial charge in [-0.05, 0) is 24.3 Å². The zero-order chi connectivity index (χ0) is 13.2. The largest absolute Gasteiger partial charge is 0.478 e. The van der Waals surface area contributed by atoms with Crippen molar-refractivity contribution in [2.24, 2.45) is 0 Å². The Morgan fingerprint density at radius 3 is 2.00 bits per heavy atom. The van der Waals surface area contributed by atoms with E-state index in [0.29, 0.717) is 0 Å². The van der Waals surface area contributed by atoms with Crippen LogP contribution in [0.15, 0.2) is 48.8 Å². The van der Waals surface area contributed by atoms with Crippen molar-refractivity contribution >= 4 is 5.97 Å². The molecule has 0 aliphatic carbocycles. The lowest BCUT2D eigenvalue weighted by Crippen LogP contribution is -2.15. The fourth-order valence-corrected chi connectivity index (χ4v) is 1.55. The Morgan fingerprint density at radius 2 is 1.50 bits per heavy atom. The van der Waals surface area contributed by atoms with Gasteiger partial charge in [0.15, 0.2) is 0 Å². The molecule has 18 heavy (non-hydrogen) atoms. The SMILES string of the molecule is O=C(O)c1ccc(C(F)(F)c2ccncc2)cc1. The Balaban J connectivity index is 2.39. The van der Waals surface area contributed by atoms with Crippen LogP contribution in [-0.4, -0.2) is 16.1 Å². The van der Waals surface area contributed by atoms with E-state index in [9.17, 15) is 13.6 Å². The van der Waals surface area contributed by atoms with Crippen LogP contribution in [0.4, 0.5) is 8.78 Å². The fraction of sp³-hybridized carbons (Fsp3) is 0.0769. The lowest BCUT2D eigenvalue weighted by molar-refractivity contribution is 0.0426. The van der Waals surface area contributed by atoms with E-state index >= 15 is 0 Å². The van der Waals surface area contributed by atoms with E-state index in [0.717, 1.165) is 24.3 Å². The zero-order valence-corrected chi connectivity index (χ0v) is 9.18. The fourth-order valence-electron chi connectivity index (χ4n) is 1.55. The maximum Gasteiger partial charge on any atom is 0.335 e. The van der Waals surface area contributed by atoms with E-state index in [-0.39, 0.29) is 16.7 Å². The third-order valence-electron chi connectivity index (χ3n) is 2.54. The molecule has 0 aliphatic heterocycles. The van der Waals surface area contributed by atoms with Gasteiger partial charge in [0, 0.05) is 23.5 Å². The van der Waals surface area contributed by atoms with Crippen LogP contribution in [0.25, 0.3) is 0 Å². The van der Waals surface area contributed by atoms with Gasteiger partial charge in [0.25, 0.3) is 5.92 Å². The summed E-state index contributed by atoms with van der Waals surface area (Å²) in [5.74, 6) is -4.31. The second kappa shape index (κ2) is 4.52. The molecule has 1 N–H and O–H groups in total. The average molecular weight is 249 g/mol. The number of alkyl halides is 2. The van der Waals surface area contributed by atoms with E-state index in [4.69, 9.17) is 5.11 Å². The Morgan fingerprint density at radius 1 is 1.00 bits per heavy atom. The molecule has 0 atom stereocenters. The van der Waals surface area contributed by atoms with Gasteiger partial charge < -0.3 is 5.11 Å². The molecule has 1 aromatic carbocycles. The molecule has 0 saturated heterocycles. The molecule has 1 aromatic heterocycles. The molecule has 2 aromatic rings. The van der Waals surface area contributed by atoms with Crippen LogP contribution in [0.3, 0.4) is 0 Å². The van der Waals surface area contributed by atoms with Gasteiger partial charge in [-0.3, -0.25) is 4.98 Å². The van der Waals surface area contributed by atoms with Crippen molar-refractivity contribution in [2.75, 3.05) is 0 Å². The molecule has 0 amide bonds. The maximum atomic E-state index is 14.0. The molecule has 3 nitrogen and oxygen atoms in total. The topological polar surface area (TPSA) is 50.2 Å². The van der Waals surface area contributed by atoms with Gasteiger partial charge in [-0.15, -0.1) is 0 Å². The highest BCUT2D eigenvalue weighted by molar-refractivity contribution is 5.87. The van der Waals surface area contributed by atoms with Gasteiger partial charge in [-0.1, -0.05) is 12.1 Å². The van der Waals surface area contributed by atoms with Crippen LogP contribution >= 0.6 is 0 Å². The lowest BCUT2D eigenvalue weighted by Gasteiger charge is -2.16. The molecule has 0 radical (unpaired) electrons. The van der Waals surface area contributed by atoms with Crippen LogP contribution in [0, 0.1) is 0 Å². The number of carboxylic acids is 1. The summed E-state index contributed by atoms with van der Waals surface area (Å²) in [7, 11) is 0. The lowest BCUT2D eigenvalue weighted by atomic mass is 10.0. The van der Waals surface area contributed by atoms with E-state index in [1.807, 2.05) is 0 Å². The molecule has 0 aliphatic rings. The van der Waals surface area contributed by atoms with E-state index in [2.05, 4.69) is 4.98 Å². The van der Waals surface area contributed by atoms with Crippen LogP contribution in [0.2, 0.25) is 0 Å². The van der Waals surface area contributed by atoms with Gasteiger partial charge in [-0.25, -0.2) is 4.79 Å². The molecule has 0 saturated carbocycles. The number of aromatic nitrogens is 1. The highest BCUT2D eigenvalue weighted by Gasteiger charge is 2.33. The Labute approximate surface area is 102 Å². The summed E-state index contributed by atoms with van der Waals surface area (Å²) in [6.45, 7) is 0. The summed E-state index contributed by atoms with van der Waals surface area (Å²) in [6, 6.07) is 7.00. The van der Waals surface area contributed by atoms with E-state index in [1.54, 1.807) is 0 Å². The third kappa shape index (κ3) is 2.20. The van der Waals surface area contributed by atoms with Crippen LogP contribution in [0.5, 0.6) is 0 Å². The first kappa shape index (κ1) is 12.2. The maximum absolute atomic E-state index is 14.0. The number of carbonyl (C=O) groups is 1. The number of rotatable bonds is 3. The Bertz CT molecular complexity index is 553. The van der Waals surface area contributed by atoms with Gasteiger partial charge in [-0.2, -0.15) is 8.78 Å². The number of hydrogen-bond acceptors (Lipinski definition) is 2. The smallest absolute Gasteiger partial charge is 0.335 e. The number of aromatic carboxylic acids is 1. The van der Waals surface area contributed by atoms with Crippen molar-refractivity contribution in [3.05, 3.63) is 65.5 Å². The molecule has 0 spiro atoms. The number of benzene rings is 1. The Hall–Kier alpha value is -2.30. The summed E-state index contributed by atoms with van der Waals surface area (Å²) in [5, 5.41) is 8.70. The minimum Gasteiger partial charge on any atom is -0.478 e. The first-order valence-electron chi connectivity index (χ1n) is 5.14. The molecule has 2 rings (SSSR count). The summed E-state index contributed by atoms with van der Waals surface area (Å²) in [6.07, 6.45) is 2.57. The number of nitrogens with zero attached hydrogens (tertiary/aromatic N) is 1. The summed E-state index contributed by atoms with van der Waals surface area (Å²) in [5.41, 5.74) is -0.455. The molecule has 1 heterocycles. The molecule has 0 bridgehead atoms. The van der Waals surface area contributed by atoms with Gasteiger partial charge in [0.05, 0.1) is 5.56 Å². The normalized spacial score (nSPS) is 11.2. The van der Waals surface area contributed by atoms with Crippen molar-refractivity contribution in [1.82, 2.24) is 4.98 Å². The quantitative estimate of drug-likeness (QED) is 0.909.